The zero-order valence-corrected chi connectivity index (χ0v) is 12.8. The summed E-state index contributed by atoms with van der Waals surface area (Å²) in [7, 11) is 0. The summed E-state index contributed by atoms with van der Waals surface area (Å²) in [6.07, 6.45) is 0. The second kappa shape index (κ2) is 4.72. The van der Waals surface area contributed by atoms with Crippen LogP contribution in [0.5, 0.6) is 0 Å². The van der Waals surface area contributed by atoms with E-state index in [1.807, 2.05) is 43.4 Å². The Morgan fingerprint density at radius 2 is 1.80 bits per heavy atom. The maximum atomic E-state index is 6.19. The first-order valence-electron chi connectivity index (χ1n) is 6.14. The van der Waals surface area contributed by atoms with E-state index >= 15 is 0 Å². The molecular formula is C14H12Cl2N4. The van der Waals surface area contributed by atoms with Crippen LogP contribution in [0.25, 0.3) is 17.0 Å². The molecule has 2 heterocycles. The molecule has 0 aliphatic rings. The lowest BCUT2D eigenvalue weighted by atomic mass is 10.1. The van der Waals surface area contributed by atoms with Crippen molar-refractivity contribution in [1.82, 2.24) is 19.6 Å². The normalized spacial score (nSPS) is 11.2. The van der Waals surface area contributed by atoms with E-state index in [-0.39, 0.29) is 0 Å². The molecule has 0 aliphatic heterocycles. The molecule has 1 aromatic carbocycles. The Labute approximate surface area is 126 Å². The highest BCUT2D eigenvalue weighted by Gasteiger charge is 2.17. The first kappa shape index (κ1) is 13.3. The van der Waals surface area contributed by atoms with Crippen LogP contribution in [0.15, 0.2) is 18.2 Å². The van der Waals surface area contributed by atoms with Crippen molar-refractivity contribution in [1.29, 1.82) is 0 Å². The molecule has 3 rings (SSSR count). The van der Waals surface area contributed by atoms with E-state index in [4.69, 9.17) is 23.2 Å². The average Bonchev–Trinajstić information content (AvgIpc) is 2.84. The summed E-state index contributed by atoms with van der Waals surface area (Å²) in [5, 5.41) is 9.46. The van der Waals surface area contributed by atoms with Gasteiger partial charge >= 0.3 is 0 Å². The largest absolute Gasteiger partial charge is 0.275 e. The molecule has 0 amide bonds. The molecular weight excluding hydrogens is 295 g/mol. The van der Waals surface area contributed by atoms with Crippen LogP contribution in [0.2, 0.25) is 10.2 Å². The van der Waals surface area contributed by atoms with Crippen LogP contribution in [-0.2, 0) is 0 Å². The van der Waals surface area contributed by atoms with Crippen molar-refractivity contribution in [2.45, 2.75) is 20.8 Å². The monoisotopic (exact) mass is 306 g/mol. The molecule has 0 radical (unpaired) electrons. The Kier molecular flexibility index (Phi) is 3.15. The molecule has 6 heteroatoms. The van der Waals surface area contributed by atoms with Crippen molar-refractivity contribution in [3.63, 3.8) is 0 Å². The second-order valence-corrected chi connectivity index (χ2v) is 5.43. The van der Waals surface area contributed by atoms with Gasteiger partial charge in [0.15, 0.2) is 16.6 Å². The summed E-state index contributed by atoms with van der Waals surface area (Å²) in [5.74, 6) is 0.727. The summed E-state index contributed by atoms with van der Waals surface area (Å²) in [5.41, 5.74) is 4.28. The number of aryl methyl sites for hydroxylation is 2. The third-order valence-corrected chi connectivity index (χ3v) is 4.14. The molecule has 0 atom stereocenters. The predicted molar refractivity (Wildman–Crippen MR) is 80.4 cm³/mol. The molecule has 0 bridgehead atoms. The van der Waals surface area contributed by atoms with Gasteiger partial charge in [0.1, 0.15) is 0 Å². The van der Waals surface area contributed by atoms with E-state index in [9.17, 15) is 0 Å². The first-order chi connectivity index (χ1) is 9.50. The fraction of sp³-hybridized carbons (Fsp3) is 0.214. The number of hydrogen-bond donors (Lipinski definition) is 0. The van der Waals surface area contributed by atoms with Gasteiger partial charge in [0, 0.05) is 16.3 Å². The fourth-order valence-corrected chi connectivity index (χ4v) is 2.62. The van der Waals surface area contributed by atoms with Gasteiger partial charge in [0.2, 0.25) is 0 Å². The summed E-state index contributed by atoms with van der Waals surface area (Å²) >= 11 is 12.3. The topological polar surface area (TPSA) is 43.1 Å². The van der Waals surface area contributed by atoms with Gasteiger partial charge in [-0.15, -0.1) is 10.2 Å². The highest BCUT2D eigenvalue weighted by Crippen LogP contribution is 2.29. The maximum absolute atomic E-state index is 6.19. The van der Waals surface area contributed by atoms with Gasteiger partial charge in [0.05, 0.1) is 5.69 Å². The smallest absolute Gasteiger partial charge is 0.199 e. The van der Waals surface area contributed by atoms with E-state index in [0.717, 1.165) is 28.3 Å². The fourth-order valence-electron chi connectivity index (χ4n) is 2.20. The van der Waals surface area contributed by atoms with Crippen molar-refractivity contribution < 1.29 is 0 Å². The molecule has 3 aromatic rings. The van der Waals surface area contributed by atoms with Gasteiger partial charge < -0.3 is 0 Å². The van der Waals surface area contributed by atoms with Crippen molar-refractivity contribution in [2.75, 3.05) is 0 Å². The zero-order valence-electron chi connectivity index (χ0n) is 11.3. The standard InChI is InChI=1S/C14H12Cl2N4/c1-7-10(5-4-6-11(7)15)13-18-19-14-12(16)17-8(2)9(3)20(13)14/h4-6H,1-3H3. The summed E-state index contributed by atoms with van der Waals surface area (Å²) < 4.78 is 1.92. The number of aromatic nitrogens is 4. The van der Waals surface area contributed by atoms with Gasteiger partial charge in [-0.1, -0.05) is 35.3 Å². The Morgan fingerprint density at radius 1 is 1.05 bits per heavy atom. The molecule has 4 nitrogen and oxygen atoms in total. The van der Waals surface area contributed by atoms with Gasteiger partial charge in [-0.05, 0) is 32.4 Å². The van der Waals surface area contributed by atoms with Crippen molar-refractivity contribution in [2.24, 2.45) is 0 Å². The molecule has 0 N–H and O–H groups in total. The minimum Gasteiger partial charge on any atom is -0.275 e. The molecule has 0 saturated heterocycles. The number of fused-ring (bicyclic) bond motifs is 1. The highest BCUT2D eigenvalue weighted by atomic mass is 35.5. The van der Waals surface area contributed by atoms with Crippen LogP contribution < -0.4 is 0 Å². The van der Waals surface area contributed by atoms with Crippen LogP contribution in [0, 0.1) is 20.8 Å². The zero-order chi connectivity index (χ0) is 14.4. The Balaban J connectivity index is 2.41. The molecule has 0 unspecified atom stereocenters. The van der Waals surface area contributed by atoms with Crippen LogP contribution >= 0.6 is 23.2 Å². The van der Waals surface area contributed by atoms with Crippen LogP contribution in [0.4, 0.5) is 0 Å². The average molecular weight is 307 g/mol. The Bertz CT molecular complexity index is 824. The maximum Gasteiger partial charge on any atom is 0.199 e. The number of halogens is 2. The van der Waals surface area contributed by atoms with Crippen molar-refractivity contribution in [3.05, 3.63) is 45.3 Å². The lowest BCUT2D eigenvalue weighted by Gasteiger charge is -2.09. The molecule has 0 saturated carbocycles. The van der Waals surface area contributed by atoms with E-state index in [1.165, 1.54) is 0 Å². The minimum absolute atomic E-state index is 0.353. The summed E-state index contributed by atoms with van der Waals surface area (Å²) in [6.45, 7) is 5.84. The van der Waals surface area contributed by atoms with E-state index in [1.54, 1.807) is 0 Å². The predicted octanol–water partition coefficient (Wildman–Crippen LogP) is 4.02. The second-order valence-electron chi connectivity index (χ2n) is 4.67. The number of nitrogens with zero attached hydrogens (tertiary/aromatic N) is 4. The lowest BCUT2D eigenvalue weighted by molar-refractivity contribution is 0.999. The quantitative estimate of drug-likeness (QED) is 0.682. The van der Waals surface area contributed by atoms with Gasteiger partial charge in [-0.3, -0.25) is 4.40 Å². The molecule has 0 spiro atoms. The van der Waals surface area contributed by atoms with Crippen LogP contribution in [0.1, 0.15) is 17.0 Å². The third kappa shape index (κ3) is 1.87. The highest BCUT2D eigenvalue weighted by molar-refractivity contribution is 6.32. The molecule has 0 aliphatic carbocycles. The lowest BCUT2D eigenvalue weighted by Crippen LogP contribution is -2.01. The Morgan fingerprint density at radius 3 is 2.55 bits per heavy atom. The van der Waals surface area contributed by atoms with Crippen LogP contribution in [0.3, 0.4) is 0 Å². The van der Waals surface area contributed by atoms with E-state index in [0.29, 0.717) is 15.8 Å². The first-order valence-corrected chi connectivity index (χ1v) is 6.89. The minimum atomic E-state index is 0.353. The molecule has 2 aromatic heterocycles. The summed E-state index contributed by atoms with van der Waals surface area (Å²) in [4.78, 5) is 4.26. The molecule has 102 valence electrons. The van der Waals surface area contributed by atoms with Gasteiger partial charge in [0.25, 0.3) is 0 Å². The third-order valence-electron chi connectivity index (χ3n) is 3.48. The number of benzene rings is 1. The van der Waals surface area contributed by atoms with Crippen molar-refractivity contribution >= 4 is 28.8 Å². The van der Waals surface area contributed by atoms with Gasteiger partial charge in [-0.25, -0.2) is 4.98 Å². The molecule has 0 fully saturated rings. The summed E-state index contributed by atoms with van der Waals surface area (Å²) in [6, 6.07) is 5.73. The number of rotatable bonds is 1. The number of hydrogen-bond acceptors (Lipinski definition) is 3. The van der Waals surface area contributed by atoms with Gasteiger partial charge in [-0.2, -0.15) is 0 Å². The van der Waals surface area contributed by atoms with E-state index < -0.39 is 0 Å². The SMILES string of the molecule is Cc1nc(Cl)c2nnc(-c3cccc(Cl)c3C)n2c1C. The van der Waals surface area contributed by atoms with E-state index in [2.05, 4.69) is 15.2 Å². The van der Waals surface area contributed by atoms with Crippen molar-refractivity contribution in [3.8, 4) is 11.4 Å². The molecule has 20 heavy (non-hydrogen) atoms. The van der Waals surface area contributed by atoms with Crippen LogP contribution in [-0.4, -0.2) is 19.6 Å². The Hall–Kier alpha value is -1.65.